The lowest BCUT2D eigenvalue weighted by Crippen LogP contribution is -2.53. The highest BCUT2D eigenvalue weighted by Gasteiger charge is 2.41. The van der Waals surface area contributed by atoms with Crippen LogP contribution >= 0.6 is 0 Å². The van der Waals surface area contributed by atoms with Crippen molar-refractivity contribution < 1.29 is 48.6 Å². The van der Waals surface area contributed by atoms with Gasteiger partial charge in [0.05, 0.1) is 0 Å². The van der Waals surface area contributed by atoms with E-state index in [0.717, 1.165) is 0 Å². The van der Waals surface area contributed by atoms with Gasteiger partial charge in [-0.1, -0.05) is 6.92 Å². The molecule has 12 heteroatoms. The fraction of sp³-hybridized carbons (Fsp3) is 0.200. The van der Waals surface area contributed by atoms with E-state index in [1.54, 1.807) is 0 Å². The standard InChI is InChI=1S/C15H7BF10O/c1-2-3-27-16(4-6(17)10(21)14(25)11(22)7(4)18)5-8(19)12(23)15(26)13(24)9(5)20/h2-3H2,1H3. The van der Waals surface area contributed by atoms with E-state index in [1.165, 1.54) is 6.92 Å². The van der Waals surface area contributed by atoms with Crippen molar-refractivity contribution >= 4 is 17.8 Å². The van der Waals surface area contributed by atoms with Gasteiger partial charge in [-0.25, -0.2) is 43.9 Å². The normalized spacial score (nSPS) is 11.2. The Morgan fingerprint density at radius 1 is 0.519 bits per heavy atom. The van der Waals surface area contributed by atoms with E-state index in [0.29, 0.717) is 0 Å². The predicted molar refractivity (Wildman–Crippen MR) is 73.7 cm³/mol. The Hall–Kier alpha value is -2.24. The summed E-state index contributed by atoms with van der Waals surface area (Å²) in [5, 5.41) is 0. The van der Waals surface area contributed by atoms with Crippen molar-refractivity contribution in [3.05, 3.63) is 58.2 Å². The molecule has 27 heavy (non-hydrogen) atoms. The van der Waals surface area contributed by atoms with Crippen molar-refractivity contribution in [3.8, 4) is 0 Å². The molecular formula is C15H7BF10O. The van der Waals surface area contributed by atoms with E-state index in [4.69, 9.17) is 4.65 Å². The van der Waals surface area contributed by atoms with E-state index < -0.39 is 82.6 Å². The second-order valence-electron chi connectivity index (χ2n) is 5.22. The number of rotatable bonds is 5. The van der Waals surface area contributed by atoms with Gasteiger partial charge in [0, 0.05) is 17.5 Å². The maximum Gasteiger partial charge on any atom is 0.374 e. The highest BCUT2D eigenvalue weighted by molar-refractivity contribution is 6.80. The largest absolute Gasteiger partial charge is 0.427 e. The Balaban J connectivity index is 2.89. The zero-order chi connectivity index (χ0) is 20.6. The molecule has 0 spiro atoms. The summed E-state index contributed by atoms with van der Waals surface area (Å²) in [7, 11) is 0. The summed E-state index contributed by atoms with van der Waals surface area (Å²) in [5.74, 6) is -25.2. The number of hydrogen-bond donors (Lipinski definition) is 0. The van der Waals surface area contributed by atoms with Crippen LogP contribution in [0.3, 0.4) is 0 Å². The average molecular weight is 404 g/mol. The highest BCUT2D eigenvalue weighted by atomic mass is 19.2. The molecule has 0 aromatic heterocycles. The van der Waals surface area contributed by atoms with Crippen LogP contribution in [0.5, 0.6) is 0 Å². The molecule has 0 heterocycles. The van der Waals surface area contributed by atoms with Crippen molar-refractivity contribution in [2.75, 3.05) is 6.61 Å². The van der Waals surface area contributed by atoms with Gasteiger partial charge >= 0.3 is 6.92 Å². The lowest BCUT2D eigenvalue weighted by atomic mass is 9.54. The molecule has 0 amide bonds. The summed E-state index contributed by atoms with van der Waals surface area (Å²) in [6.45, 7) is -1.96. The first kappa shape index (κ1) is 21.1. The third-order valence-corrected chi connectivity index (χ3v) is 3.50. The minimum atomic E-state index is -2.79. The van der Waals surface area contributed by atoms with Crippen LogP contribution in [0.1, 0.15) is 13.3 Å². The summed E-state index contributed by atoms with van der Waals surface area (Å²) < 4.78 is 141. The number of halogens is 10. The van der Waals surface area contributed by atoms with Crippen LogP contribution in [-0.4, -0.2) is 13.5 Å². The molecule has 146 valence electrons. The van der Waals surface area contributed by atoms with Gasteiger partial charge < -0.3 is 4.65 Å². The van der Waals surface area contributed by atoms with Crippen LogP contribution in [0, 0.1) is 58.2 Å². The first-order chi connectivity index (χ1) is 12.6. The first-order valence-corrected chi connectivity index (χ1v) is 7.20. The SMILES string of the molecule is CCCOB(c1c(F)c(F)c(F)c(F)c1F)c1c(F)c(F)c(F)c(F)c1F. The van der Waals surface area contributed by atoms with E-state index in [9.17, 15) is 43.9 Å². The van der Waals surface area contributed by atoms with Gasteiger partial charge in [-0.15, -0.1) is 0 Å². The second kappa shape index (κ2) is 7.79. The van der Waals surface area contributed by atoms with Crippen LogP contribution < -0.4 is 10.9 Å². The van der Waals surface area contributed by atoms with Gasteiger partial charge in [0.1, 0.15) is 0 Å². The number of benzene rings is 2. The molecule has 1 nitrogen and oxygen atoms in total. The minimum absolute atomic E-state index is 0.0152. The molecule has 2 rings (SSSR count). The number of hydrogen-bond acceptors (Lipinski definition) is 1. The predicted octanol–water partition coefficient (Wildman–Crippen LogP) is 3.61. The van der Waals surface area contributed by atoms with E-state index in [2.05, 4.69) is 0 Å². The third kappa shape index (κ3) is 3.37. The molecule has 0 unspecified atom stereocenters. The maximum absolute atomic E-state index is 14.0. The minimum Gasteiger partial charge on any atom is -0.427 e. The van der Waals surface area contributed by atoms with Crippen LogP contribution in [0.15, 0.2) is 0 Å². The third-order valence-electron chi connectivity index (χ3n) is 3.50. The monoisotopic (exact) mass is 404 g/mol. The van der Waals surface area contributed by atoms with Gasteiger partial charge in [-0.2, -0.15) is 0 Å². The van der Waals surface area contributed by atoms with Crippen molar-refractivity contribution in [1.82, 2.24) is 0 Å². The Labute approximate surface area is 145 Å². The van der Waals surface area contributed by atoms with Gasteiger partial charge in [0.25, 0.3) is 0 Å². The summed E-state index contributed by atoms with van der Waals surface area (Å²) in [6, 6.07) is 0. The summed E-state index contributed by atoms with van der Waals surface area (Å²) in [5.41, 5.74) is -3.77. The summed E-state index contributed by atoms with van der Waals surface area (Å²) in [4.78, 5) is 0. The van der Waals surface area contributed by atoms with Crippen LogP contribution in [0.4, 0.5) is 43.9 Å². The van der Waals surface area contributed by atoms with Gasteiger partial charge in [0.15, 0.2) is 58.2 Å². The van der Waals surface area contributed by atoms with E-state index in [-0.39, 0.29) is 6.42 Å². The van der Waals surface area contributed by atoms with Crippen LogP contribution in [0.25, 0.3) is 0 Å². The zero-order valence-corrected chi connectivity index (χ0v) is 13.2. The lowest BCUT2D eigenvalue weighted by molar-refractivity contribution is 0.324. The maximum atomic E-state index is 14.0. The van der Waals surface area contributed by atoms with Crippen molar-refractivity contribution in [3.63, 3.8) is 0 Å². The van der Waals surface area contributed by atoms with E-state index in [1.807, 2.05) is 0 Å². The lowest BCUT2D eigenvalue weighted by Gasteiger charge is -2.19. The van der Waals surface area contributed by atoms with Crippen LogP contribution in [0.2, 0.25) is 0 Å². The van der Waals surface area contributed by atoms with Gasteiger partial charge in [-0.3, -0.25) is 0 Å². The van der Waals surface area contributed by atoms with Crippen molar-refractivity contribution in [1.29, 1.82) is 0 Å². The molecule has 2 aromatic rings. The zero-order valence-electron chi connectivity index (χ0n) is 13.2. The molecule has 2 aromatic carbocycles. The molecule has 0 N–H and O–H groups in total. The fourth-order valence-corrected chi connectivity index (χ4v) is 2.25. The Morgan fingerprint density at radius 3 is 1.04 bits per heavy atom. The second-order valence-corrected chi connectivity index (χ2v) is 5.22. The molecule has 0 radical (unpaired) electrons. The molecule has 0 aliphatic rings. The first-order valence-electron chi connectivity index (χ1n) is 7.20. The molecule has 0 fully saturated rings. The molecule has 0 saturated carbocycles. The molecule has 0 saturated heterocycles. The Kier molecular flexibility index (Phi) is 6.08. The highest BCUT2D eigenvalue weighted by Crippen LogP contribution is 2.21. The molecular weight excluding hydrogens is 397 g/mol. The quantitative estimate of drug-likeness (QED) is 0.321. The smallest absolute Gasteiger partial charge is 0.374 e. The Bertz CT molecular complexity index is 774. The topological polar surface area (TPSA) is 9.23 Å². The van der Waals surface area contributed by atoms with Gasteiger partial charge in [0.2, 0.25) is 0 Å². The molecule has 0 aliphatic carbocycles. The fourth-order valence-electron chi connectivity index (χ4n) is 2.25. The van der Waals surface area contributed by atoms with Crippen molar-refractivity contribution in [2.45, 2.75) is 13.3 Å². The van der Waals surface area contributed by atoms with E-state index >= 15 is 0 Å². The summed E-state index contributed by atoms with van der Waals surface area (Å²) >= 11 is 0. The molecule has 0 atom stereocenters. The van der Waals surface area contributed by atoms with Crippen molar-refractivity contribution in [2.24, 2.45) is 0 Å². The summed E-state index contributed by atoms with van der Waals surface area (Å²) in [6.07, 6.45) is 0.0152. The molecule has 0 aliphatic heterocycles. The Morgan fingerprint density at radius 2 is 0.778 bits per heavy atom. The van der Waals surface area contributed by atoms with Crippen LogP contribution in [-0.2, 0) is 4.65 Å². The molecule has 0 bridgehead atoms. The average Bonchev–Trinajstić information content (AvgIpc) is 2.65. The van der Waals surface area contributed by atoms with Gasteiger partial charge in [-0.05, 0) is 6.42 Å².